The third kappa shape index (κ3) is 6.04. The van der Waals surface area contributed by atoms with Crippen molar-refractivity contribution in [2.75, 3.05) is 28.3 Å². The maximum Gasteiger partial charge on any atom is 0.328 e. The number of hydrogen-bond donors (Lipinski definition) is 1. The van der Waals surface area contributed by atoms with Gasteiger partial charge in [0.1, 0.15) is 6.04 Å². The van der Waals surface area contributed by atoms with Crippen molar-refractivity contribution < 1.29 is 23.9 Å². The normalized spacial score (nSPS) is 13.5. The number of nitrogens with zero attached hydrogens (tertiary/aromatic N) is 2. The number of amides is 3. The molecule has 0 bridgehead atoms. The Balaban J connectivity index is 1.37. The monoisotopic (exact) mass is 575 g/mol. The van der Waals surface area contributed by atoms with Crippen molar-refractivity contribution in [3.05, 3.63) is 114 Å². The molecule has 0 fully saturated rings. The number of esters is 1. The van der Waals surface area contributed by atoms with Crippen molar-refractivity contribution in [1.29, 1.82) is 0 Å². The van der Waals surface area contributed by atoms with E-state index in [0.29, 0.717) is 28.2 Å². The van der Waals surface area contributed by atoms with Crippen molar-refractivity contribution in [2.45, 2.75) is 33.2 Å². The van der Waals surface area contributed by atoms with E-state index in [9.17, 15) is 19.2 Å². The number of aryl methyl sites for hydroxylation is 1. The average molecular weight is 576 g/mol. The molecule has 4 aromatic rings. The molecule has 0 spiro atoms. The van der Waals surface area contributed by atoms with Gasteiger partial charge in [-0.3, -0.25) is 19.3 Å². The fourth-order valence-corrected chi connectivity index (χ4v) is 5.32. The summed E-state index contributed by atoms with van der Waals surface area (Å²) in [5, 5.41) is 2.95. The van der Waals surface area contributed by atoms with Crippen molar-refractivity contribution >= 4 is 40.8 Å². The van der Waals surface area contributed by atoms with Crippen LogP contribution in [-0.2, 0) is 14.3 Å². The Morgan fingerprint density at radius 2 is 1.47 bits per heavy atom. The summed E-state index contributed by atoms with van der Waals surface area (Å²) in [5.74, 6) is -1.33. The SMILES string of the molecule is CCOC(=O)C(C)N1C(=O)CCN(C(=O)c2ccc(NC(=O)c3ccccc3-c3ccccc3C)cc2)c2ccccc21. The Labute approximate surface area is 250 Å². The quantitative estimate of drug-likeness (QED) is 0.263. The van der Waals surface area contributed by atoms with Crippen LogP contribution in [-0.4, -0.2) is 42.9 Å². The summed E-state index contributed by atoms with van der Waals surface area (Å²) in [6, 6.07) is 28.2. The summed E-state index contributed by atoms with van der Waals surface area (Å²) < 4.78 is 5.16. The van der Waals surface area contributed by atoms with E-state index in [1.54, 1.807) is 73.3 Å². The third-order valence-electron chi connectivity index (χ3n) is 7.51. The van der Waals surface area contributed by atoms with E-state index in [2.05, 4.69) is 5.32 Å². The minimum atomic E-state index is -0.845. The zero-order chi connectivity index (χ0) is 30.5. The van der Waals surface area contributed by atoms with Gasteiger partial charge in [0.25, 0.3) is 11.8 Å². The molecule has 1 unspecified atom stereocenters. The fraction of sp³-hybridized carbons (Fsp3) is 0.200. The summed E-state index contributed by atoms with van der Waals surface area (Å²) >= 11 is 0. The second-order valence-electron chi connectivity index (χ2n) is 10.3. The van der Waals surface area contributed by atoms with Crippen LogP contribution in [0.2, 0.25) is 0 Å². The van der Waals surface area contributed by atoms with Gasteiger partial charge in [0.05, 0.1) is 18.0 Å². The lowest BCUT2D eigenvalue weighted by atomic mass is 9.95. The number of nitrogens with one attached hydrogen (secondary N) is 1. The number of fused-ring (bicyclic) bond motifs is 1. The summed E-state index contributed by atoms with van der Waals surface area (Å²) in [6.07, 6.45) is 0.0403. The second kappa shape index (κ2) is 12.7. The van der Waals surface area contributed by atoms with Crippen molar-refractivity contribution in [1.82, 2.24) is 0 Å². The molecule has 0 aromatic heterocycles. The average Bonchev–Trinajstić information content (AvgIpc) is 3.17. The smallest absolute Gasteiger partial charge is 0.328 e. The standard InChI is InChI=1S/C35H33N3O5/c1-4-43-35(42)24(3)38-31-16-10-9-15-30(31)37(22-21-32(38)39)34(41)25-17-19-26(20-18-25)36-33(40)29-14-8-7-13-28(29)27-12-6-5-11-23(27)2/h5-20,24H,4,21-22H2,1-3H3,(H,36,40). The summed E-state index contributed by atoms with van der Waals surface area (Å²) in [4.78, 5) is 55.7. The highest BCUT2D eigenvalue weighted by molar-refractivity contribution is 6.13. The molecule has 1 atom stereocenters. The molecular formula is C35H33N3O5. The van der Waals surface area contributed by atoms with Crippen LogP contribution in [0.1, 0.15) is 46.5 Å². The Morgan fingerprint density at radius 1 is 0.837 bits per heavy atom. The lowest BCUT2D eigenvalue weighted by molar-refractivity contribution is -0.145. The van der Waals surface area contributed by atoms with Crippen molar-refractivity contribution in [3.63, 3.8) is 0 Å². The summed E-state index contributed by atoms with van der Waals surface area (Å²) in [6.45, 7) is 5.69. The number of carbonyl (C=O) groups is 4. The molecule has 4 aromatic carbocycles. The molecule has 1 aliphatic rings. The molecule has 0 saturated heterocycles. The predicted octanol–water partition coefficient (Wildman–Crippen LogP) is 6.25. The number of hydrogen-bond acceptors (Lipinski definition) is 5. The lowest BCUT2D eigenvalue weighted by Crippen LogP contribution is -2.44. The van der Waals surface area contributed by atoms with Crippen LogP contribution < -0.4 is 15.1 Å². The first-order chi connectivity index (χ1) is 20.8. The highest BCUT2D eigenvalue weighted by atomic mass is 16.5. The van der Waals surface area contributed by atoms with Crippen LogP contribution in [0.25, 0.3) is 11.1 Å². The third-order valence-corrected chi connectivity index (χ3v) is 7.51. The summed E-state index contributed by atoms with van der Waals surface area (Å²) in [7, 11) is 0. The topological polar surface area (TPSA) is 96.0 Å². The maximum atomic E-state index is 13.7. The van der Waals surface area contributed by atoms with Crippen LogP contribution in [0, 0.1) is 6.92 Å². The molecular weight excluding hydrogens is 542 g/mol. The number of anilines is 3. The van der Waals surface area contributed by atoms with Gasteiger partial charge in [-0.1, -0.05) is 54.6 Å². The van der Waals surface area contributed by atoms with Crippen molar-refractivity contribution in [2.24, 2.45) is 0 Å². The highest BCUT2D eigenvalue weighted by Crippen LogP contribution is 2.35. The lowest BCUT2D eigenvalue weighted by Gasteiger charge is -2.29. The number of benzene rings is 4. The number of para-hydroxylation sites is 2. The number of rotatable bonds is 7. The van der Waals surface area contributed by atoms with Crippen LogP contribution in [0.15, 0.2) is 97.1 Å². The van der Waals surface area contributed by atoms with Crippen LogP contribution in [0.4, 0.5) is 17.1 Å². The molecule has 1 heterocycles. The van der Waals surface area contributed by atoms with E-state index >= 15 is 0 Å². The van der Waals surface area contributed by atoms with Gasteiger partial charge in [0, 0.05) is 29.8 Å². The van der Waals surface area contributed by atoms with E-state index in [4.69, 9.17) is 4.74 Å². The zero-order valence-corrected chi connectivity index (χ0v) is 24.4. The van der Waals surface area contributed by atoms with E-state index in [1.807, 2.05) is 49.4 Å². The number of carbonyl (C=O) groups excluding carboxylic acids is 4. The first-order valence-electron chi connectivity index (χ1n) is 14.3. The second-order valence-corrected chi connectivity index (χ2v) is 10.3. The molecule has 5 rings (SSSR count). The molecule has 0 aliphatic carbocycles. The maximum absolute atomic E-state index is 13.7. The van der Waals surface area contributed by atoms with Gasteiger partial charge in [0.15, 0.2) is 0 Å². The van der Waals surface area contributed by atoms with Crippen LogP contribution >= 0.6 is 0 Å². The molecule has 3 amide bonds. The molecule has 0 radical (unpaired) electrons. The molecule has 218 valence electrons. The van der Waals surface area contributed by atoms with Gasteiger partial charge < -0.3 is 15.0 Å². The molecule has 8 heteroatoms. The van der Waals surface area contributed by atoms with Gasteiger partial charge in [-0.05, 0) is 79.9 Å². The Bertz CT molecular complexity index is 1680. The first kappa shape index (κ1) is 29.3. The first-order valence-corrected chi connectivity index (χ1v) is 14.3. The number of ether oxygens (including phenoxy) is 1. The molecule has 1 N–H and O–H groups in total. The van der Waals surface area contributed by atoms with E-state index in [0.717, 1.165) is 16.7 Å². The minimum Gasteiger partial charge on any atom is -0.464 e. The van der Waals surface area contributed by atoms with Crippen LogP contribution in [0.3, 0.4) is 0 Å². The van der Waals surface area contributed by atoms with Crippen molar-refractivity contribution in [3.8, 4) is 11.1 Å². The molecule has 8 nitrogen and oxygen atoms in total. The predicted molar refractivity (Wildman–Crippen MR) is 167 cm³/mol. The van der Waals surface area contributed by atoms with Gasteiger partial charge in [0.2, 0.25) is 5.91 Å². The Kier molecular flexibility index (Phi) is 8.66. The van der Waals surface area contributed by atoms with E-state index in [-0.39, 0.29) is 37.3 Å². The summed E-state index contributed by atoms with van der Waals surface area (Å²) in [5.41, 5.74) is 5.38. The fourth-order valence-electron chi connectivity index (χ4n) is 5.32. The van der Waals surface area contributed by atoms with Gasteiger partial charge >= 0.3 is 5.97 Å². The van der Waals surface area contributed by atoms with E-state index < -0.39 is 12.0 Å². The van der Waals surface area contributed by atoms with Gasteiger partial charge in [-0.15, -0.1) is 0 Å². The minimum absolute atomic E-state index is 0.0403. The Hall–Kier alpha value is -5.24. The Morgan fingerprint density at radius 3 is 2.16 bits per heavy atom. The molecule has 1 aliphatic heterocycles. The van der Waals surface area contributed by atoms with E-state index in [1.165, 1.54) is 4.90 Å². The molecule has 43 heavy (non-hydrogen) atoms. The van der Waals surface area contributed by atoms with Crippen LogP contribution in [0.5, 0.6) is 0 Å². The zero-order valence-electron chi connectivity index (χ0n) is 24.4. The highest BCUT2D eigenvalue weighted by Gasteiger charge is 2.35. The molecule has 0 saturated carbocycles. The van der Waals surface area contributed by atoms with Gasteiger partial charge in [-0.25, -0.2) is 4.79 Å². The largest absolute Gasteiger partial charge is 0.464 e. The van der Waals surface area contributed by atoms with Gasteiger partial charge in [-0.2, -0.15) is 0 Å².